The first-order valence-electron chi connectivity index (χ1n) is 11.9. The summed E-state index contributed by atoms with van der Waals surface area (Å²) >= 11 is 0. The van der Waals surface area contributed by atoms with Crippen LogP contribution in [0.25, 0.3) is 56.2 Å². The first-order chi connectivity index (χ1) is 18.0. The molecule has 37 heavy (non-hydrogen) atoms. The van der Waals surface area contributed by atoms with E-state index in [0.717, 1.165) is 29.0 Å². The Morgan fingerprint density at radius 1 is 0.865 bits per heavy atom. The zero-order chi connectivity index (χ0) is 25.4. The Labute approximate surface area is 211 Å². The van der Waals surface area contributed by atoms with E-state index in [1.54, 1.807) is 12.4 Å². The van der Waals surface area contributed by atoms with Crippen LogP contribution in [0.15, 0.2) is 67.0 Å². The van der Waals surface area contributed by atoms with Crippen LogP contribution >= 0.6 is 0 Å². The Morgan fingerprint density at radius 2 is 1.76 bits per heavy atom. The third-order valence-corrected chi connectivity index (χ3v) is 6.02. The number of nitrogens with zero attached hydrogens (tertiary/aromatic N) is 6. The molecule has 0 bridgehead atoms. The highest BCUT2D eigenvalue weighted by atomic mass is 19.1. The Hall–Kier alpha value is -4.70. The molecule has 6 rings (SSSR count). The van der Waals surface area contributed by atoms with E-state index in [9.17, 15) is 4.39 Å². The van der Waals surface area contributed by atoms with E-state index < -0.39 is 0 Å². The molecule has 10 heteroatoms. The highest BCUT2D eigenvalue weighted by molar-refractivity contribution is 5.95. The Balaban J connectivity index is 1.41. The summed E-state index contributed by atoms with van der Waals surface area (Å²) in [6.07, 6.45) is 3.42. The summed E-state index contributed by atoms with van der Waals surface area (Å²) in [6.45, 7) is 1.52. The third-order valence-electron chi connectivity index (χ3n) is 6.02. The SMILES string of the molecule is CN(C)CCNc1cc(F)cc(-c2nccc3[nH]c(-c4n[nH]c5ccc(-c6ccccn6)nc45)nc23)c1. The molecule has 0 radical (unpaired) electrons. The Kier molecular flexibility index (Phi) is 5.78. The average Bonchev–Trinajstić information content (AvgIpc) is 3.52. The monoisotopic (exact) mass is 493 g/mol. The van der Waals surface area contributed by atoms with Crippen molar-refractivity contribution in [3.63, 3.8) is 0 Å². The summed E-state index contributed by atoms with van der Waals surface area (Å²) in [5, 5.41) is 10.8. The van der Waals surface area contributed by atoms with Crippen LogP contribution < -0.4 is 5.32 Å². The zero-order valence-electron chi connectivity index (χ0n) is 20.3. The van der Waals surface area contributed by atoms with Crippen LogP contribution in [0.3, 0.4) is 0 Å². The van der Waals surface area contributed by atoms with Gasteiger partial charge in [-0.2, -0.15) is 5.10 Å². The Bertz CT molecular complexity index is 1710. The minimum absolute atomic E-state index is 0.344. The lowest BCUT2D eigenvalue weighted by atomic mass is 10.1. The van der Waals surface area contributed by atoms with E-state index in [1.807, 2.05) is 56.6 Å². The number of hydrogen-bond donors (Lipinski definition) is 3. The van der Waals surface area contributed by atoms with Gasteiger partial charge in [0.1, 0.15) is 16.9 Å². The number of benzene rings is 1. The number of rotatable bonds is 7. The maximum atomic E-state index is 14.5. The second-order valence-corrected chi connectivity index (χ2v) is 8.98. The van der Waals surface area contributed by atoms with Crippen LogP contribution in [0.2, 0.25) is 0 Å². The van der Waals surface area contributed by atoms with Gasteiger partial charge in [0.05, 0.1) is 28.1 Å². The number of likely N-dealkylation sites (N-methyl/N-ethyl adjacent to an activating group) is 1. The number of halogens is 1. The molecule has 0 saturated heterocycles. The van der Waals surface area contributed by atoms with Crippen LogP contribution in [0.4, 0.5) is 10.1 Å². The van der Waals surface area contributed by atoms with Crippen molar-refractivity contribution in [2.45, 2.75) is 0 Å². The summed E-state index contributed by atoms with van der Waals surface area (Å²) in [6, 6.07) is 16.2. The van der Waals surface area contributed by atoms with Gasteiger partial charge in [-0.05, 0) is 62.6 Å². The maximum absolute atomic E-state index is 14.5. The summed E-state index contributed by atoms with van der Waals surface area (Å²) in [5.41, 5.74) is 6.86. The topological polar surface area (TPSA) is 111 Å². The molecule has 0 amide bonds. The highest BCUT2D eigenvalue weighted by Crippen LogP contribution is 2.31. The maximum Gasteiger partial charge on any atom is 0.161 e. The fraction of sp³-hybridized carbons (Fsp3) is 0.148. The average molecular weight is 494 g/mol. The van der Waals surface area contributed by atoms with Gasteiger partial charge in [0.15, 0.2) is 11.5 Å². The minimum atomic E-state index is -0.344. The van der Waals surface area contributed by atoms with E-state index in [0.29, 0.717) is 46.0 Å². The molecule has 1 aromatic carbocycles. The molecule has 0 aliphatic carbocycles. The number of fused-ring (bicyclic) bond motifs is 2. The summed E-state index contributed by atoms with van der Waals surface area (Å²) in [5.74, 6) is 0.200. The van der Waals surface area contributed by atoms with Gasteiger partial charge in [-0.3, -0.25) is 15.1 Å². The molecule has 9 nitrogen and oxygen atoms in total. The summed E-state index contributed by atoms with van der Waals surface area (Å²) in [4.78, 5) is 24.0. The second-order valence-electron chi connectivity index (χ2n) is 8.98. The number of aromatic amines is 2. The summed E-state index contributed by atoms with van der Waals surface area (Å²) < 4.78 is 14.5. The van der Waals surface area contributed by atoms with Crippen LogP contribution in [-0.2, 0) is 0 Å². The first-order valence-corrected chi connectivity index (χ1v) is 11.9. The lowest BCUT2D eigenvalue weighted by Crippen LogP contribution is -2.20. The number of hydrogen-bond acceptors (Lipinski definition) is 7. The number of aromatic nitrogens is 7. The van der Waals surface area contributed by atoms with Crippen molar-refractivity contribution >= 4 is 27.8 Å². The molecule has 0 saturated carbocycles. The predicted octanol–water partition coefficient (Wildman–Crippen LogP) is 4.74. The molecule has 3 N–H and O–H groups in total. The second kappa shape index (κ2) is 9.40. The van der Waals surface area contributed by atoms with Crippen LogP contribution in [-0.4, -0.2) is 67.2 Å². The molecule has 6 aromatic rings. The molecule has 184 valence electrons. The van der Waals surface area contributed by atoms with Crippen molar-refractivity contribution in [1.29, 1.82) is 0 Å². The van der Waals surface area contributed by atoms with Crippen LogP contribution in [0, 0.1) is 5.82 Å². The standard InChI is InChI=1S/C27H24FN9/c1-37(2)12-11-29-18-14-16(13-17(28)15-18)23-24-21(8-10-31-23)33-27(34-24)26-25-22(35-36-26)7-6-20(32-25)19-5-3-4-9-30-19/h3-10,13-15,29H,11-12H2,1-2H3,(H,33,34)(H,35,36). The predicted molar refractivity (Wildman–Crippen MR) is 142 cm³/mol. The number of imidazole rings is 1. The smallest absolute Gasteiger partial charge is 0.161 e. The number of anilines is 1. The molecule has 5 aromatic heterocycles. The highest BCUT2D eigenvalue weighted by Gasteiger charge is 2.18. The molecule has 0 spiro atoms. The van der Waals surface area contributed by atoms with Gasteiger partial charge in [-0.15, -0.1) is 0 Å². The van der Waals surface area contributed by atoms with Gasteiger partial charge in [0.25, 0.3) is 0 Å². The van der Waals surface area contributed by atoms with Crippen molar-refractivity contribution in [2.75, 3.05) is 32.5 Å². The minimum Gasteiger partial charge on any atom is -0.384 e. The van der Waals surface area contributed by atoms with Crippen molar-refractivity contribution in [1.82, 2.24) is 40.0 Å². The number of H-pyrrole nitrogens is 2. The fourth-order valence-electron chi connectivity index (χ4n) is 4.23. The van der Waals surface area contributed by atoms with Crippen LogP contribution in [0.5, 0.6) is 0 Å². The molecule has 5 heterocycles. The molecule has 0 fully saturated rings. The van der Waals surface area contributed by atoms with E-state index in [4.69, 9.17) is 9.97 Å². The molecule has 0 unspecified atom stereocenters. The van der Waals surface area contributed by atoms with E-state index in [2.05, 4.69) is 35.4 Å². The van der Waals surface area contributed by atoms with Gasteiger partial charge >= 0.3 is 0 Å². The van der Waals surface area contributed by atoms with Crippen molar-refractivity contribution in [2.24, 2.45) is 0 Å². The van der Waals surface area contributed by atoms with E-state index in [1.165, 1.54) is 12.1 Å². The molecule has 0 aliphatic rings. The zero-order valence-corrected chi connectivity index (χ0v) is 20.3. The lowest BCUT2D eigenvalue weighted by molar-refractivity contribution is 0.425. The van der Waals surface area contributed by atoms with Gasteiger partial charge in [0, 0.05) is 36.7 Å². The van der Waals surface area contributed by atoms with Crippen molar-refractivity contribution < 1.29 is 4.39 Å². The van der Waals surface area contributed by atoms with Crippen LogP contribution in [0.1, 0.15) is 0 Å². The van der Waals surface area contributed by atoms with Gasteiger partial charge < -0.3 is 15.2 Å². The molecular formula is C27H24FN9. The van der Waals surface area contributed by atoms with Gasteiger partial charge in [0.2, 0.25) is 0 Å². The molecule has 0 atom stereocenters. The molecule has 0 aliphatic heterocycles. The fourth-order valence-corrected chi connectivity index (χ4v) is 4.23. The largest absolute Gasteiger partial charge is 0.384 e. The number of nitrogens with one attached hydrogen (secondary N) is 3. The molecular weight excluding hydrogens is 469 g/mol. The first kappa shape index (κ1) is 22.7. The summed E-state index contributed by atoms with van der Waals surface area (Å²) in [7, 11) is 3.99. The normalized spacial score (nSPS) is 11.6. The van der Waals surface area contributed by atoms with Gasteiger partial charge in [-0.25, -0.2) is 14.4 Å². The van der Waals surface area contributed by atoms with Crippen molar-refractivity contribution in [3.05, 3.63) is 72.8 Å². The number of pyridine rings is 3. The van der Waals surface area contributed by atoms with Crippen molar-refractivity contribution in [3.8, 4) is 34.2 Å². The Morgan fingerprint density at radius 3 is 2.59 bits per heavy atom. The van der Waals surface area contributed by atoms with Gasteiger partial charge in [-0.1, -0.05) is 6.07 Å². The quantitative estimate of drug-likeness (QED) is 0.295. The van der Waals surface area contributed by atoms with E-state index >= 15 is 0 Å². The lowest BCUT2D eigenvalue weighted by Gasteiger charge is -2.12. The third kappa shape index (κ3) is 4.50. The van der Waals surface area contributed by atoms with E-state index in [-0.39, 0.29) is 5.82 Å².